The van der Waals surface area contributed by atoms with Gasteiger partial charge < -0.3 is 5.32 Å². The Morgan fingerprint density at radius 1 is 1.37 bits per heavy atom. The van der Waals surface area contributed by atoms with Crippen LogP contribution in [0.2, 0.25) is 0 Å². The average Bonchev–Trinajstić information content (AvgIpc) is 3.05. The molecule has 4 nitrogen and oxygen atoms in total. The number of alkyl halides is 2. The van der Waals surface area contributed by atoms with Gasteiger partial charge in [0.2, 0.25) is 0 Å². The fourth-order valence-corrected chi connectivity index (χ4v) is 3.55. The summed E-state index contributed by atoms with van der Waals surface area (Å²) in [5.74, 6) is 0.974. The molecular formula is C13H17F2N3O. The van der Waals surface area contributed by atoms with E-state index in [2.05, 4.69) is 10.4 Å². The van der Waals surface area contributed by atoms with Crippen LogP contribution < -0.4 is 5.32 Å². The number of carbonyl (C=O) groups is 1. The zero-order valence-corrected chi connectivity index (χ0v) is 10.6. The number of fused-ring (bicyclic) bond motifs is 1. The number of hydrogen-bond acceptors (Lipinski definition) is 2. The Balaban J connectivity index is 1.64. The van der Waals surface area contributed by atoms with Gasteiger partial charge in [0.05, 0.1) is 0 Å². The third-order valence-electron chi connectivity index (χ3n) is 4.44. The van der Waals surface area contributed by atoms with Crippen molar-refractivity contribution in [3.8, 4) is 0 Å². The molecule has 3 atom stereocenters. The molecule has 1 heterocycles. The summed E-state index contributed by atoms with van der Waals surface area (Å²) in [4.78, 5) is 12.0. The van der Waals surface area contributed by atoms with Crippen molar-refractivity contribution in [2.24, 2.45) is 11.8 Å². The third-order valence-corrected chi connectivity index (χ3v) is 4.44. The molecule has 0 bridgehead atoms. The monoisotopic (exact) mass is 269 g/mol. The molecule has 1 aromatic rings. The number of nitrogens with one attached hydrogen (secondary N) is 1. The van der Waals surface area contributed by atoms with Crippen molar-refractivity contribution >= 4 is 5.91 Å². The smallest absolute Gasteiger partial charge is 0.333 e. The zero-order chi connectivity index (χ0) is 13.4. The Bertz CT molecular complexity index is 474. The lowest BCUT2D eigenvalue weighted by Gasteiger charge is -2.19. The molecule has 1 aromatic heterocycles. The minimum Gasteiger partial charge on any atom is -0.348 e. The molecule has 19 heavy (non-hydrogen) atoms. The van der Waals surface area contributed by atoms with Gasteiger partial charge in [0, 0.05) is 12.2 Å². The highest BCUT2D eigenvalue weighted by Crippen LogP contribution is 2.43. The normalized spacial score (nSPS) is 29.7. The van der Waals surface area contributed by atoms with Gasteiger partial charge in [0.1, 0.15) is 5.69 Å². The van der Waals surface area contributed by atoms with Crippen LogP contribution >= 0.6 is 0 Å². The molecule has 2 saturated carbocycles. The maximum atomic E-state index is 12.4. The van der Waals surface area contributed by atoms with Gasteiger partial charge in [-0.2, -0.15) is 13.9 Å². The van der Waals surface area contributed by atoms with E-state index in [4.69, 9.17) is 0 Å². The second-order valence-corrected chi connectivity index (χ2v) is 5.47. The number of hydrogen-bond donors (Lipinski definition) is 1. The van der Waals surface area contributed by atoms with Crippen molar-refractivity contribution in [1.29, 1.82) is 0 Å². The molecule has 0 spiro atoms. The largest absolute Gasteiger partial charge is 0.348 e. The standard InChI is InChI=1S/C13H17F2N3O/c14-13(15)18-7-6-11(17-18)12(19)16-10-5-4-8-2-1-3-9(8)10/h6-10,13H,1-5H2,(H,16,19)/t8-,9-,10-/m1/s1. The molecule has 0 radical (unpaired) electrons. The predicted molar refractivity (Wildman–Crippen MR) is 64.8 cm³/mol. The lowest BCUT2D eigenvalue weighted by Crippen LogP contribution is -2.37. The molecule has 1 amide bonds. The summed E-state index contributed by atoms with van der Waals surface area (Å²) in [5.41, 5.74) is 0.0711. The van der Waals surface area contributed by atoms with E-state index in [0.717, 1.165) is 18.5 Å². The van der Waals surface area contributed by atoms with E-state index < -0.39 is 6.55 Å². The summed E-state index contributed by atoms with van der Waals surface area (Å²) in [6.45, 7) is -2.70. The van der Waals surface area contributed by atoms with Crippen LogP contribution in [-0.2, 0) is 0 Å². The van der Waals surface area contributed by atoms with Crippen LogP contribution in [-0.4, -0.2) is 21.7 Å². The Morgan fingerprint density at radius 3 is 2.95 bits per heavy atom. The van der Waals surface area contributed by atoms with E-state index in [1.54, 1.807) is 0 Å². The molecule has 0 saturated heterocycles. The quantitative estimate of drug-likeness (QED) is 0.916. The van der Waals surface area contributed by atoms with E-state index in [-0.39, 0.29) is 17.6 Å². The summed E-state index contributed by atoms with van der Waals surface area (Å²) in [5, 5.41) is 6.55. The van der Waals surface area contributed by atoms with Gasteiger partial charge >= 0.3 is 6.55 Å². The van der Waals surface area contributed by atoms with Crippen LogP contribution in [0, 0.1) is 11.8 Å². The summed E-state index contributed by atoms with van der Waals surface area (Å²) in [7, 11) is 0. The highest BCUT2D eigenvalue weighted by molar-refractivity contribution is 5.92. The summed E-state index contributed by atoms with van der Waals surface area (Å²) < 4.78 is 25.3. The van der Waals surface area contributed by atoms with E-state index in [9.17, 15) is 13.6 Å². The minimum atomic E-state index is -2.70. The lowest BCUT2D eigenvalue weighted by atomic mass is 9.97. The fourth-order valence-electron chi connectivity index (χ4n) is 3.55. The predicted octanol–water partition coefficient (Wildman–Crippen LogP) is 2.59. The first-order chi connectivity index (χ1) is 9.15. The Hall–Kier alpha value is -1.46. The highest BCUT2D eigenvalue weighted by atomic mass is 19.3. The molecule has 2 fully saturated rings. The molecule has 6 heteroatoms. The molecule has 104 valence electrons. The maximum Gasteiger partial charge on any atom is 0.333 e. The second-order valence-electron chi connectivity index (χ2n) is 5.47. The topological polar surface area (TPSA) is 46.9 Å². The van der Waals surface area contributed by atoms with Gasteiger partial charge in [-0.25, -0.2) is 4.68 Å². The molecule has 0 aliphatic heterocycles. The van der Waals surface area contributed by atoms with Crippen molar-refractivity contribution in [2.45, 2.75) is 44.7 Å². The Morgan fingerprint density at radius 2 is 2.21 bits per heavy atom. The van der Waals surface area contributed by atoms with Gasteiger partial charge in [0.15, 0.2) is 0 Å². The van der Waals surface area contributed by atoms with Crippen molar-refractivity contribution in [1.82, 2.24) is 15.1 Å². The van der Waals surface area contributed by atoms with Crippen LogP contribution in [0.25, 0.3) is 0 Å². The third kappa shape index (κ3) is 2.35. The molecule has 2 aliphatic carbocycles. The molecule has 3 rings (SSSR count). The Labute approximate surface area is 110 Å². The van der Waals surface area contributed by atoms with Crippen LogP contribution in [0.3, 0.4) is 0 Å². The number of nitrogens with zero attached hydrogens (tertiary/aromatic N) is 2. The van der Waals surface area contributed by atoms with Gasteiger partial charge in [0.25, 0.3) is 5.91 Å². The zero-order valence-electron chi connectivity index (χ0n) is 10.6. The number of carbonyl (C=O) groups excluding carboxylic acids is 1. The molecule has 1 N–H and O–H groups in total. The van der Waals surface area contributed by atoms with Crippen molar-refractivity contribution in [2.75, 3.05) is 0 Å². The van der Waals surface area contributed by atoms with Gasteiger partial charge in [-0.3, -0.25) is 4.79 Å². The average molecular weight is 269 g/mol. The van der Waals surface area contributed by atoms with Crippen LogP contribution in [0.1, 0.15) is 49.1 Å². The van der Waals surface area contributed by atoms with E-state index in [1.165, 1.54) is 31.7 Å². The summed E-state index contributed by atoms with van der Waals surface area (Å²) >= 11 is 0. The fraction of sp³-hybridized carbons (Fsp3) is 0.692. The number of halogens is 2. The first-order valence-corrected chi connectivity index (χ1v) is 6.79. The first-order valence-electron chi connectivity index (χ1n) is 6.79. The molecule has 2 aliphatic rings. The maximum absolute atomic E-state index is 12.4. The van der Waals surface area contributed by atoms with Crippen LogP contribution in [0.5, 0.6) is 0 Å². The first kappa shape index (κ1) is 12.6. The van der Waals surface area contributed by atoms with Crippen molar-refractivity contribution < 1.29 is 13.6 Å². The van der Waals surface area contributed by atoms with Crippen LogP contribution in [0.15, 0.2) is 12.3 Å². The summed E-state index contributed by atoms with van der Waals surface area (Å²) in [6, 6.07) is 1.53. The van der Waals surface area contributed by atoms with E-state index >= 15 is 0 Å². The second kappa shape index (κ2) is 4.90. The van der Waals surface area contributed by atoms with Gasteiger partial charge in [-0.1, -0.05) is 12.8 Å². The molecule has 0 unspecified atom stereocenters. The number of rotatable bonds is 3. The highest BCUT2D eigenvalue weighted by Gasteiger charge is 2.39. The Kier molecular flexibility index (Phi) is 3.24. The van der Waals surface area contributed by atoms with Crippen molar-refractivity contribution in [3.05, 3.63) is 18.0 Å². The van der Waals surface area contributed by atoms with Crippen LogP contribution in [0.4, 0.5) is 8.78 Å². The number of amides is 1. The molecular weight excluding hydrogens is 252 g/mol. The number of aromatic nitrogens is 2. The van der Waals surface area contributed by atoms with Gasteiger partial charge in [-0.05, 0) is 37.2 Å². The van der Waals surface area contributed by atoms with E-state index in [0.29, 0.717) is 10.6 Å². The van der Waals surface area contributed by atoms with E-state index in [1.807, 2.05) is 0 Å². The SMILES string of the molecule is O=C(N[C@@H]1CC[C@H]2CCC[C@H]21)c1ccn(C(F)F)n1. The minimum absolute atomic E-state index is 0.0711. The summed E-state index contributed by atoms with van der Waals surface area (Å²) in [6.07, 6.45) is 6.96. The van der Waals surface area contributed by atoms with Gasteiger partial charge in [-0.15, -0.1) is 0 Å². The molecule has 0 aromatic carbocycles. The lowest BCUT2D eigenvalue weighted by molar-refractivity contribution is 0.0559. The van der Waals surface area contributed by atoms with Crippen molar-refractivity contribution in [3.63, 3.8) is 0 Å².